The Bertz CT molecular complexity index is 453. The highest BCUT2D eigenvalue weighted by molar-refractivity contribution is 5.93. The van der Waals surface area contributed by atoms with Crippen LogP contribution in [0.1, 0.15) is 0 Å². The summed E-state index contributed by atoms with van der Waals surface area (Å²) in [6.07, 6.45) is 2.92. The molecule has 0 spiro atoms. The molecular weight excluding hydrogens is 242 g/mol. The van der Waals surface area contributed by atoms with E-state index in [0.717, 1.165) is 4.90 Å². The summed E-state index contributed by atoms with van der Waals surface area (Å²) in [5.74, 6) is -2.03. The van der Waals surface area contributed by atoms with Gasteiger partial charge in [-0.1, -0.05) is 0 Å². The summed E-state index contributed by atoms with van der Waals surface area (Å²) in [5.41, 5.74) is 5.33. The molecule has 9 heteroatoms. The first-order valence-corrected chi connectivity index (χ1v) is 4.93. The van der Waals surface area contributed by atoms with Gasteiger partial charge in [0.15, 0.2) is 0 Å². The third-order valence-corrected chi connectivity index (χ3v) is 1.92. The molecule has 0 saturated carbocycles. The highest BCUT2D eigenvalue weighted by Crippen LogP contribution is 2.05. The lowest BCUT2D eigenvalue weighted by atomic mass is 10.4. The molecule has 0 aliphatic carbocycles. The molecule has 0 aromatic carbocycles. The van der Waals surface area contributed by atoms with Gasteiger partial charge in [0.25, 0.3) is 0 Å². The van der Waals surface area contributed by atoms with Gasteiger partial charge in [0.1, 0.15) is 13.1 Å². The summed E-state index contributed by atoms with van der Waals surface area (Å²) in [6, 6.07) is -0.732. The largest absolute Gasteiger partial charge is 0.480 e. The van der Waals surface area contributed by atoms with Gasteiger partial charge in [0, 0.05) is 13.2 Å². The van der Waals surface area contributed by atoms with E-state index in [2.05, 4.69) is 10.4 Å². The quantitative estimate of drug-likeness (QED) is 0.609. The van der Waals surface area contributed by atoms with Crippen molar-refractivity contribution >= 4 is 23.6 Å². The van der Waals surface area contributed by atoms with E-state index in [1.165, 1.54) is 17.1 Å². The Kier molecular flexibility index (Phi) is 4.24. The van der Waals surface area contributed by atoms with E-state index in [-0.39, 0.29) is 0 Å². The van der Waals surface area contributed by atoms with Gasteiger partial charge in [-0.05, 0) is 0 Å². The molecule has 0 radical (unpaired) electrons. The molecule has 18 heavy (non-hydrogen) atoms. The first-order valence-electron chi connectivity index (χ1n) is 4.93. The molecule has 0 bridgehead atoms. The molecule has 0 unspecified atom stereocenters. The first kappa shape index (κ1) is 13.5. The van der Waals surface area contributed by atoms with E-state index in [1.807, 2.05) is 0 Å². The third kappa shape index (κ3) is 4.12. The first-order chi connectivity index (χ1) is 8.38. The third-order valence-electron chi connectivity index (χ3n) is 1.92. The van der Waals surface area contributed by atoms with Crippen LogP contribution in [-0.2, 0) is 16.6 Å². The normalized spacial score (nSPS) is 9.83. The number of carboxylic acids is 1. The highest BCUT2D eigenvalue weighted by atomic mass is 16.4. The predicted molar refractivity (Wildman–Crippen MR) is 60.6 cm³/mol. The number of carbonyl (C=O) groups excluding carboxylic acids is 2. The van der Waals surface area contributed by atoms with E-state index >= 15 is 0 Å². The fourth-order valence-corrected chi connectivity index (χ4v) is 1.24. The Morgan fingerprint density at radius 2 is 2.17 bits per heavy atom. The average Bonchev–Trinajstić information content (AvgIpc) is 2.61. The van der Waals surface area contributed by atoms with Crippen molar-refractivity contribution in [3.05, 3.63) is 12.4 Å². The minimum atomic E-state index is -1.24. The van der Waals surface area contributed by atoms with Crippen molar-refractivity contribution in [3.63, 3.8) is 0 Å². The second kappa shape index (κ2) is 5.66. The molecule has 1 heterocycles. The van der Waals surface area contributed by atoms with Crippen LogP contribution in [0.25, 0.3) is 0 Å². The number of hydrogen-bond donors (Lipinski definition) is 3. The molecule has 4 N–H and O–H groups in total. The van der Waals surface area contributed by atoms with Crippen LogP contribution in [0.4, 0.5) is 10.5 Å². The Labute approximate surface area is 102 Å². The van der Waals surface area contributed by atoms with Crippen molar-refractivity contribution in [2.45, 2.75) is 0 Å². The van der Waals surface area contributed by atoms with Crippen LogP contribution < -0.4 is 11.1 Å². The zero-order valence-electron chi connectivity index (χ0n) is 9.66. The SMILES string of the molecule is Cn1cc(NC(=O)N(CC(N)=O)CC(=O)O)cn1. The maximum absolute atomic E-state index is 11.7. The average molecular weight is 255 g/mol. The number of aryl methyl sites for hydroxylation is 1. The topological polar surface area (TPSA) is 131 Å². The lowest BCUT2D eigenvalue weighted by molar-refractivity contribution is -0.137. The van der Waals surface area contributed by atoms with Crippen LogP contribution in [0.5, 0.6) is 0 Å². The van der Waals surface area contributed by atoms with Crippen LogP contribution in [0.3, 0.4) is 0 Å². The number of anilines is 1. The lowest BCUT2D eigenvalue weighted by Crippen LogP contribution is -2.43. The van der Waals surface area contributed by atoms with Gasteiger partial charge in [-0.15, -0.1) is 0 Å². The van der Waals surface area contributed by atoms with Crippen molar-refractivity contribution in [2.24, 2.45) is 12.8 Å². The van der Waals surface area contributed by atoms with E-state index in [9.17, 15) is 14.4 Å². The maximum Gasteiger partial charge on any atom is 0.323 e. The zero-order valence-corrected chi connectivity index (χ0v) is 9.66. The van der Waals surface area contributed by atoms with Crippen molar-refractivity contribution in [2.75, 3.05) is 18.4 Å². The standard InChI is InChI=1S/C9H13N5O4/c1-13-3-6(2-11-13)12-9(18)14(4-7(10)15)5-8(16)17/h2-3H,4-5H2,1H3,(H2,10,15)(H,12,18)(H,16,17). The Morgan fingerprint density at radius 1 is 1.50 bits per heavy atom. The summed E-state index contributed by atoms with van der Waals surface area (Å²) < 4.78 is 1.46. The predicted octanol–water partition coefficient (Wildman–Crippen LogP) is -1.18. The summed E-state index contributed by atoms with van der Waals surface area (Å²) in [7, 11) is 1.66. The Balaban J connectivity index is 2.69. The zero-order chi connectivity index (χ0) is 13.7. The number of hydrogen-bond acceptors (Lipinski definition) is 4. The van der Waals surface area contributed by atoms with Gasteiger partial charge in [-0.3, -0.25) is 14.3 Å². The van der Waals surface area contributed by atoms with Crippen molar-refractivity contribution in [3.8, 4) is 0 Å². The number of aliphatic carboxylic acids is 1. The number of amides is 3. The van der Waals surface area contributed by atoms with Crippen molar-refractivity contribution in [1.29, 1.82) is 0 Å². The summed E-state index contributed by atoms with van der Waals surface area (Å²) >= 11 is 0. The van der Waals surface area contributed by atoms with E-state index < -0.39 is 31.0 Å². The van der Waals surface area contributed by atoms with Gasteiger partial charge in [-0.2, -0.15) is 5.10 Å². The lowest BCUT2D eigenvalue weighted by Gasteiger charge is -2.18. The number of nitrogens with zero attached hydrogens (tertiary/aromatic N) is 3. The van der Waals surface area contributed by atoms with Crippen molar-refractivity contribution in [1.82, 2.24) is 14.7 Å². The Morgan fingerprint density at radius 3 is 2.61 bits per heavy atom. The van der Waals surface area contributed by atoms with Gasteiger partial charge in [0.05, 0.1) is 11.9 Å². The minimum Gasteiger partial charge on any atom is -0.480 e. The molecule has 1 aromatic heterocycles. The van der Waals surface area contributed by atoms with Crippen molar-refractivity contribution < 1.29 is 19.5 Å². The maximum atomic E-state index is 11.7. The van der Waals surface area contributed by atoms with Gasteiger partial charge in [0.2, 0.25) is 5.91 Å². The molecular formula is C9H13N5O4. The molecule has 0 atom stereocenters. The van der Waals surface area contributed by atoms with Gasteiger partial charge < -0.3 is 21.1 Å². The summed E-state index contributed by atoms with van der Waals surface area (Å²) in [6.45, 7) is -1.09. The summed E-state index contributed by atoms with van der Waals surface area (Å²) in [5, 5.41) is 14.9. The van der Waals surface area contributed by atoms with Crippen LogP contribution in [0.15, 0.2) is 12.4 Å². The van der Waals surface area contributed by atoms with E-state index in [0.29, 0.717) is 5.69 Å². The summed E-state index contributed by atoms with van der Waals surface area (Å²) in [4.78, 5) is 33.8. The highest BCUT2D eigenvalue weighted by Gasteiger charge is 2.19. The molecule has 1 rings (SSSR count). The number of nitrogens with one attached hydrogen (secondary N) is 1. The Hall–Kier alpha value is -2.58. The monoisotopic (exact) mass is 255 g/mol. The number of primary amides is 1. The molecule has 0 aliphatic rings. The fraction of sp³-hybridized carbons (Fsp3) is 0.333. The van der Waals surface area contributed by atoms with Crippen LogP contribution in [0, 0.1) is 0 Å². The second-order valence-corrected chi connectivity index (χ2v) is 3.55. The van der Waals surface area contributed by atoms with Gasteiger partial charge in [-0.25, -0.2) is 4.79 Å². The number of nitrogens with two attached hydrogens (primary N) is 1. The smallest absolute Gasteiger partial charge is 0.323 e. The molecule has 9 nitrogen and oxygen atoms in total. The van der Waals surface area contributed by atoms with Crippen LogP contribution in [0.2, 0.25) is 0 Å². The number of carboxylic acid groups (broad SMARTS) is 1. The molecule has 0 saturated heterocycles. The number of urea groups is 1. The van der Waals surface area contributed by atoms with E-state index in [1.54, 1.807) is 7.05 Å². The number of carbonyl (C=O) groups is 3. The molecule has 1 aromatic rings. The fourth-order valence-electron chi connectivity index (χ4n) is 1.24. The van der Waals surface area contributed by atoms with Crippen LogP contribution >= 0.6 is 0 Å². The second-order valence-electron chi connectivity index (χ2n) is 3.55. The molecule has 0 aliphatic heterocycles. The minimum absolute atomic E-state index is 0.391. The molecule has 98 valence electrons. The molecule has 0 fully saturated rings. The number of rotatable bonds is 5. The number of aromatic nitrogens is 2. The van der Waals surface area contributed by atoms with Crippen LogP contribution in [-0.4, -0.2) is 50.8 Å². The van der Waals surface area contributed by atoms with E-state index in [4.69, 9.17) is 10.8 Å². The molecule has 3 amide bonds. The van der Waals surface area contributed by atoms with Gasteiger partial charge >= 0.3 is 12.0 Å².